The molecule has 0 aliphatic rings. The van der Waals surface area contributed by atoms with Crippen molar-refractivity contribution in [3.05, 3.63) is 187 Å². The van der Waals surface area contributed by atoms with Crippen LogP contribution in [0.1, 0.15) is 22.5 Å². The van der Waals surface area contributed by atoms with Gasteiger partial charge in [-0.05, 0) is 73.3 Å². The Morgan fingerprint density at radius 2 is 1.35 bits per heavy atom. The molecular weight excluding hydrogens is 585 g/mol. The zero-order valence-electron chi connectivity index (χ0n) is 26.4. The molecule has 3 nitrogen and oxygen atoms in total. The van der Waals surface area contributed by atoms with Crippen LogP contribution < -0.4 is 0 Å². The van der Waals surface area contributed by atoms with Gasteiger partial charge < -0.3 is 4.42 Å². The Labute approximate surface area is 279 Å². The molecule has 0 bridgehead atoms. The van der Waals surface area contributed by atoms with Crippen LogP contribution in [0.2, 0.25) is 0 Å². The quantitative estimate of drug-likeness (QED) is 0.0760. The summed E-state index contributed by atoms with van der Waals surface area (Å²) in [5.41, 5.74) is 6.01. The van der Waals surface area contributed by atoms with Crippen molar-refractivity contribution >= 4 is 61.4 Å². The number of benzene rings is 7. The molecule has 228 valence electrons. The van der Waals surface area contributed by atoms with E-state index >= 15 is 0 Å². The second kappa shape index (κ2) is 12.8. The molecule has 0 aliphatic heterocycles. The van der Waals surface area contributed by atoms with E-state index in [1.807, 2.05) is 42.6 Å². The minimum absolute atomic E-state index is 0.518. The van der Waals surface area contributed by atoms with Gasteiger partial charge >= 0.3 is 0 Å². The van der Waals surface area contributed by atoms with Gasteiger partial charge in [0.05, 0.1) is 6.54 Å². The molecule has 0 amide bonds. The van der Waals surface area contributed by atoms with Crippen LogP contribution in [-0.4, -0.2) is 12.1 Å². The van der Waals surface area contributed by atoms with Crippen molar-refractivity contribution in [1.82, 2.24) is 0 Å². The summed E-state index contributed by atoms with van der Waals surface area (Å²) in [6.07, 6.45) is 7.52. The largest absolute Gasteiger partial charge is 0.456 e. The summed E-state index contributed by atoms with van der Waals surface area (Å²) < 4.78 is 6.52. The Hall–Kier alpha value is -6.32. The van der Waals surface area contributed by atoms with E-state index in [0.717, 1.165) is 44.2 Å². The molecule has 8 aromatic rings. The first-order valence-corrected chi connectivity index (χ1v) is 16.1. The topological polar surface area (TPSA) is 37.9 Å². The third-order valence-electron chi connectivity index (χ3n) is 8.80. The number of nitrogens with zero attached hydrogens (tertiary/aromatic N) is 2. The number of hydrogen-bond acceptors (Lipinski definition) is 2. The lowest BCUT2D eigenvalue weighted by Crippen LogP contribution is -2.00. The summed E-state index contributed by atoms with van der Waals surface area (Å²) in [5.74, 6) is 1.37. The maximum absolute atomic E-state index is 6.52. The van der Waals surface area contributed by atoms with Gasteiger partial charge in [0.2, 0.25) is 0 Å². The second-order valence-corrected chi connectivity index (χ2v) is 11.8. The molecule has 0 aliphatic carbocycles. The molecule has 1 heterocycles. The summed E-state index contributed by atoms with van der Waals surface area (Å²) in [6.45, 7) is 4.42. The molecule has 8 rings (SSSR count). The van der Waals surface area contributed by atoms with Crippen molar-refractivity contribution in [3.8, 4) is 11.1 Å². The average Bonchev–Trinajstić information content (AvgIpc) is 3.51. The zero-order valence-corrected chi connectivity index (χ0v) is 26.4. The van der Waals surface area contributed by atoms with Crippen LogP contribution in [0.25, 0.3) is 60.5 Å². The molecule has 0 fully saturated rings. The Balaban J connectivity index is 1.34. The van der Waals surface area contributed by atoms with Crippen LogP contribution in [-0.2, 0) is 6.54 Å². The van der Waals surface area contributed by atoms with Crippen LogP contribution >= 0.6 is 0 Å². The lowest BCUT2D eigenvalue weighted by molar-refractivity contribution is 0.604. The van der Waals surface area contributed by atoms with E-state index in [1.165, 1.54) is 26.9 Å². The van der Waals surface area contributed by atoms with Gasteiger partial charge in [0, 0.05) is 22.7 Å². The maximum Gasteiger partial charge on any atom is 0.154 e. The number of rotatable bonds is 7. The number of aliphatic imine (C=N–C) groups is 2. The van der Waals surface area contributed by atoms with Gasteiger partial charge in [0.1, 0.15) is 11.3 Å². The minimum atomic E-state index is 0.518. The predicted molar refractivity (Wildman–Crippen MR) is 204 cm³/mol. The van der Waals surface area contributed by atoms with E-state index in [1.54, 1.807) is 6.08 Å². The normalized spacial score (nSPS) is 12.3. The van der Waals surface area contributed by atoms with E-state index in [-0.39, 0.29) is 0 Å². The number of amidine groups is 1. The molecular formula is C45H32N2O. The first-order valence-electron chi connectivity index (χ1n) is 16.1. The second-order valence-electron chi connectivity index (χ2n) is 11.8. The van der Waals surface area contributed by atoms with Crippen molar-refractivity contribution < 1.29 is 4.42 Å². The van der Waals surface area contributed by atoms with Crippen LogP contribution in [0.3, 0.4) is 0 Å². The molecule has 48 heavy (non-hydrogen) atoms. The van der Waals surface area contributed by atoms with Crippen molar-refractivity contribution in [3.63, 3.8) is 0 Å². The lowest BCUT2D eigenvalue weighted by Gasteiger charge is -2.12. The van der Waals surface area contributed by atoms with E-state index in [0.29, 0.717) is 18.1 Å². The Morgan fingerprint density at radius 3 is 2.19 bits per heavy atom. The highest BCUT2D eigenvalue weighted by molar-refractivity contribution is 6.19. The predicted octanol–water partition coefficient (Wildman–Crippen LogP) is 11.8. The fraction of sp³-hybridized carbons (Fsp3) is 0.0222. The Morgan fingerprint density at radius 1 is 0.625 bits per heavy atom. The molecule has 0 radical (unpaired) electrons. The van der Waals surface area contributed by atoms with Gasteiger partial charge in [-0.15, -0.1) is 0 Å². The SMILES string of the molecule is C=C/C=C\c1oc2cccc(-c3cc4ccccc4c4ccccc34)c2c1C=NC(=NCc1ccccc1)c1ccc2ccccc2c1. The lowest BCUT2D eigenvalue weighted by atomic mass is 9.91. The van der Waals surface area contributed by atoms with Gasteiger partial charge in [0.15, 0.2) is 5.84 Å². The van der Waals surface area contributed by atoms with E-state index in [2.05, 4.69) is 128 Å². The van der Waals surface area contributed by atoms with E-state index < -0.39 is 0 Å². The summed E-state index contributed by atoms with van der Waals surface area (Å²) in [4.78, 5) is 10.2. The fourth-order valence-electron chi connectivity index (χ4n) is 6.51. The molecule has 0 unspecified atom stereocenters. The van der Waals surface area contributed by atoms with E-state index in [9.17, 15) is 0 Å². The summed E-state index contributed by atoms with van der Waals surface area (Å²) in [5, 5.41) is 8.18. The van der Waals surface area contributed by atoms with E-state index in [4.69, 9.17) is 14.4 Å². The molecule has 7 aromatic carbocycles. The fourth-order valence-corrected chi connectivity index (χ4v) is 6.51. The van der Waals surface area contributed by atoms with Crippen LogP contribution in [0.5, 0.6) is 0 Å². The zero-order chi connectivity index (χ0) is 32.3. The number of hydrogen-bond donors (Lipinski definition) is 0. The maximum atomic E-state index is 6.52. The van der Waals surface area contributed by atoms with Crippen LogP contribution in [0, 0.1) is 0 Å². The third-order valence-corrected chi connectivity index (χ3v) is 8.80. The van der Waals surface area contributed by atoms with Crippen LogP contribution in [0.4, 0.5) is 0 Å². The minimum Gasteiger partial charge on any atom is -0.456 e. The van der Waals surface area contributed by atoms with Gasteiger partial charge in [-0.3, -0.25) is 4.99 Å². The molecule has 3 heteroatoms. The molecule has 0 spiro atoms. The molecule has 1 aromatic heterocycles. The number of allylic oxidation sites excluding steroid dienone is 2. The number of furan rings is 1. The molecule has 0 atom stereocenters. The standard InChI is InChI=1S/C45H32N2O/c1-2-3-23-42-41(30-47-45(46-29-31-14-5-4-6-15-31)35-26-25-32-16-7-8-17-33(32)27-35)44-39(22-13-24-43(44)48-42)40-28-34-18-9-10-19-36(34)37-20-11-12-21-38(37)40/h2-28,30H,1,29H2/b23-3-,46-45?,47-30?. The summed E-state index contributed by atoms with van der Waals surface area (Å²) in [7, 11) is 0. The van der Waals surface area contributed by atoms with Crippen molar-refractivity contribution in [2.45, 2.75) is 6.54 Å². The monoisotopic (exact) mass is 616 g/mol. The average molecular weight is 617 g/mol. The smallest absolute Gasteiger partial charge is 0.154 e. The first-order chi connectivity index (χ1) is 23.8. The van der Waals surface area contributed by atoms with Crippen molar-refractivity contribution in [1.29, 1.82) is 0 Å². The highest BCUT2D eigenvalue weighted by Gasteiger charge is 2.18. The molecule has 0 N–H and O–H groups in total. The highest BCUT2D eigenvalue weighted by atomic mass is 16.3. The van der Waals surface area contributed by atoms with Gasteiger partial charge in [-0.2, -0.15) is 0 Å². The highest BCUT2D eigenvalue weighted by Crippen LogP contribution is 2.40. The van der Waals surface area contributed by atoms with Gasteiger partial charge in [-0.1, -0.05) is 146 Å². The summed E-state index contributed by atoms with van der Waals surface area (Å²) in [6, 6.07) is 50.8. The van der Waals surface area contributed by atoms with Gasteiger partial charge in [0.25, 0.3) is 0 Å². The Kier molecular flexibility index (Phi) is 7.77. The summed E-state index contributed by atoms with van der Waals surface area (Å²) >= 11 is 0. The first kappa shape index (κ1) is 29.1. The van der Waals surface area contributed by atoms with Crippen molar-refractivity contribution in [2.75, 3.05) is 0 Å². The third kappa shape index (κ3) is 5.52. The number of fused-ring (bicyclic) bond motifs is 5. The van der Waals surface area contributed by atoms with Gasteiger partial charge in [-0.25, -0.2) is 4.99 Å². The van der Waals surface area contributed by atoms with Crippen LogP contribution in [0.15, 0.2) is 179 Å². The molecule has 0 saturated carbocycles. The Bertz CT molecular complexity index is 2550. The van der Waals surface area contributed by atoms with Crippen molar-refractivity contribution in [2.24, 2.45) is 9.98 Å². The molecule has 0 saturated heterocycles.